The van der Waals surface area contributed by atoms with E-state index in [1.54, 1.807) is 6.20 Å². The van der Waals surface area contributed by atoms with E-state index in [9.17, 15) is 4.79 Å². The van der Waals surface area contributed by atoms with Crippen LogP contribution in [0.25, 0.3) is 21.7 Å². The number of nitrogens with one attached hydrogen (secondary N) is 1. The molecule has 0 atom stereocenters. The van der Waals surface area contributed by atoms with Crippen molar-refractivity contribution in [1.29, 1.82) is 0 Å². The summed E-state index contributed by atoms with van der Waals surface area (Å²) >= 11 is 0. The van der Waals surface area contributed by atoms with E-state index in [2.05, 4.69) is 10.3 Å². The van der Waals surface area contributed by atoms with Crippen molar-refractivity contribution in [2.24, 2.45) is 5.73 Å². The quantitative estimate of drug-likeness (QED) is 0.299. The van der Waals surface area contributed by atoms with Gasteiger partial charge in [0.05, 0.1) is 31.9 Å². The first kappa shape index (κ1) is 20.1. The highest BCUT2D eigenvalue weighted by atomic mass is 16.5. The van der Waals surface area contributed by atoms with Crippen molar-refractivity contribution in [3.8, 4) is 0 Å². The van der Waals surface area contributed by atoms with Gasteiger partial charge in [0, 0.05) is 53.6 Å². The van der Waals surface area contributed by atoms with E-state index in [0.717, 1.165) is 27.5 Å². The van der Waals surface area contributed by atoms with Crippen LogP contribution in [0.4, 0.5) is 5.82 Å². The number of hydrogen-bond acceptors (Lipinski definition) is 7. The molecular formula is C21H26N4O3. The first-order valence-corrected chi connectivity index (χ1v) is 9.54. The number of aromatic nitrogens is 2. The fourth-order valence-electron chi connectivity index (χ4n) is 3.01. The maximum Gasteiger partial charge on any atom is 0.162 e. The zero-order chi connectivity index (χ0) is 19.8. The molecule has 0 unspecified atom stereocenters. The van der Waals surface area contributed by atoms with Crippen LogP contribution in [0.2, 0.25) is 0 Å². The van der Waals surface area contributed by atoms with Crippen LogP contribution in [-0.4, -0.2) is 55.3 Å². The predicted molar refractivity (Wildman–Crippen MR) is 111 cm³/mol. The molecule has 3 rings (SSSR count). The summed E-state index contributed by atoms with van der Waals surface area (Å²) in [6, 6.07) is 7.60. The molecule has 0 saturated carbocycles. The normalized spacial score (nSPS) is 11.2. The minimum atomic E-state index is 0.106. The molecule has 0 spiro atoms. The number of hydrogen-bond donors (Lipinski definition) is 2. The summed E-state index contributed by atoms with van der Waals surface area (Å²) in [6.07, 6.45) is 4.05. The third kappa shape index (κ3) is 4.81. The van der Waals surface area contributed by atoms with Gasteiger partial charge in [0.1, 0.15) is 5.82 Å². The average molecular weight is 382 g/mol. The molecule has 3 N–H and O–H groups in total. The topological polar surface area (TPSA) is 99.4 Å². The number of rotatable bonds is 11. The molecule has 0 aliphatic carbocycles. The number of carbonyl (C=O) groups is 1. The second-order valence-electron chi connectivity index (χ2n) is 6.33. The Morgan fingerprint density at radius 2 is 1.89 bits per heavy atom. The number of carbonyl (C=O) groups excluding carboxylic acids is 1. The van der Waals surface area contributed by atoms with Gasteiger partial charge in [0.25, 0.3) is 0 Å². The molecule has 3 aromatic rings. The van der Waals surface area contributed by atoms with Crippen molar-refractivity contribution < 1.29 is 14.3 Å². The van der Waals surface area contributed by atoms with Crippen LogP contribution < -0.4 is 11.1 Å². The molecule has 7 heteroatoms. The molecular weight excluding hydrogens is 356 g/mol. The number of Topliss-reactive ketones (excluding diaryl/α,β-unsaturated/α-hetero) is 1. The number of ether oxygens (including phenoxy) is 2. The van der Waals surface area contributed by atoms with Gasteiger partial charge in [-0.05, 0) is 12.1 Å². The van der Waals surface area contributed by atoms with Gasteiger partial charge in [-0.25, -0.2) is 4.98 Å². The van der Waals surface area contributed by atoms with Crippen molar-refractivity contribution in [1.82, 2.24) is 9.97 Å². The fraction of sp³-hybridized carbons (Fsp3) is 0.381. The predicted octanol–water partition coefficient (Wildman–Crippen LogP) is 2.78. The second kappa shape index (κ2) is 10.1. The van der Waals surface area contributed by atoms with Crippen LogP contribution in [0.3, 0.4) is 0 Å². The van der Waals surface area contributed by atoms with E-state index in [1.807, 2.05) is 37.4 Å². The van der Waals surface area contributed by atoms with Crippen molar-refractivity contribution in [3.05, 3.63) is 42.2 Å². The molecule has 0 saturated heterocycles. The van der Waals surface area contributed by atoms with Crippen molar-refractivity contribution in [2.45, 2.75) is 13.3 Å². The molecule has 0 bridgehead atoms. The Hall–Kier alpha value is -2.61. The zero-order valence-corrected chi connectivity index (χ0v) is 16.1. The Balaban J connectivity index is 1.75. The largest absolute Gasteiger partial charge is 0.378 e. The van der Waals surface area contributed by atoms with Gasteiger partial charge < -0.3 is 20.5 Å². The second-order valence-corrected chi connectivity index (χ2v) is 6.33. The molecule has 2 heterocycles. The fourth-order valence-corrected chi connectivity index (χ4v) is 3.01. The summed E-state index contributed by atoms with van der Waals surface area (Å²) in [6.45, 7) is 5.13. The number of nitrogens with two attached hydrogens (primary N) is 1. The van der Waals surface area contributed by atoms with Crippen molar-refractivity contribution >= 4 is 33.3 Å². The lowest BCUT2D eigenvalue weighted by Crippen LogP contribution is -2.15. The molecule has 7 nitrogen and oxygen atoms in total. The minimum Gasteiger partial charge on any atom is -0.378 e. The molecule has 0 radical (unpaired) electrons. The SMILES string of the molecule is CCC(=O)c1ccc2c(c1)nc(NCCOCCOCCN)c1ccncc12. The van der Waals surface area contributed by atoms with E-state index in [-0.39, 0.29) is 5.78 Å². The van der Waals surface area contributed by atoms with Gasteiger partial charge in [0.15, 0.2) is 5.78 Å². The van der Waals surface area contributed by atoms with Crippen LogP contribution >= 0.6 is 0 Å². The van der Waals surface area contributed by atoms with Crippen LogP contribution in [-0.2, 0) is 9.47 Å². The molecule has 0 aliphatic heterocycles. The highest BCUT2D eigenvalue weighted by Gasteiger charge is 2.11. The number of benzene rings is 1. The van der Waals surface area contributed by atoms with E-state index < -0.39 is 0 Å². The number of nitrogens with zero attached hydrogens (tertiary/aromatic N) is 2. The summed E-state index contributed by atoms with van der Waals surface area (Å²) < 4.78 is 10.8. The molecule has 0 aliphatic rings. The Morgan fingerprint density at radius 3 is 2.68 bits per heavy atom. The van der Waals surface area contributed by atoms with Crippen LogP contribution in [0, 0.1) is 0 Å². The first-order chi connectivity index (χ1) is 13.7. The summed E-state index contributed by atoms with van der Waals surface area (Å²) in [5.41, 5.74) is 6.82. The van der Waals surface area contributed by atoms with Gasteiger partial charge in [-0.1, -0.05) is 19.1 Å². The van der Waals surface area contributed by atoms with Crippen LogP contribution in [0.1, 0.15) is 23.7 Å². The lowest BCUT2D eigenvalue weighted by atomic mass is 10.0. The Bertz CT molecular complexity index is 945. The molecule has 0 fully saturated rings. The highest BCUT2D eigenvalue weighted by Crippen LogP contribution is 2.29. The molecule has 2 aromatic heterocycles. The van der Waals surface area contributed by atoms with Crippen LogP contribution in [0.5, 0.6) is 0 Å². The van der Waals surface area contributed by atoms with E-state index >= 15 is 0 Å². The van der Waals surface area contributed by atoms with Gasteiger partial charge >= 0.3 is 0 Å². The van der Waals surface area contributed by atoms with Gasteiger partial charge in [-0.3, -0.25) is 9.78 Å². The summed E-state index contributed by atoms with van der Waals surface area (Å²) in [5, 5.41) is 6.31. The first-order valence-electron chi connectivity index (χ1n) is 9.54. The lowest BCUT2D eigenvalue weighted by molar-refractivity contribution is 0.0547. The number of pyridine rings is 2. The lowest BCUT2D eigenvalue weighted by Gasteiger charge is -2.12. The number of anilines is 1. The average Bonchev–Trinajstić information content (AvgIpc) is 2.74. The monoisotopic (exact) mass is 382 g/mol. The summed E-state index contributed by atoms with van der Waals surface area (Å²) in [4.78, 5) is 21.1. The number of fused-ring (bicyclic) bond motifs is 3. The highest BCUT2D eigenvalue weighted by molar-refractivity contribution is 6.11. The minimum absolute atomic E-state index is 0.106. The molecule has 148 valence electrons. The van der Waals surface area contributed by atoms with Crippen molar-refractivity contribution in [2.75, 3.05) is 44.8 Å². The maximum absolute atomic E-state index is 12.1. The van der Waals surface area contributed by atoms with E-state index in [0.29, 0.717) is 51.5 Å². The third-order valence-corrected chi connectivity index (χ3v) is 4.41. The molecule has 0 amide bonds. The Kier molecular flexibility index (Phi) is 7.25. The Labute approximate surface area is 164 Å². The number of ketones is 1. The third-order valence-electron chi connectivity index (χ3n) is 4.41. The van der Waals surface area contributed by atoms with Gasteiger partial charge in [-0.15, -0.1) is 0 Å². The molecule has 28 heavy (non-hydrogen) atoms. The smallest absolute Gasteiger partial charge is 0.162 e. The maximum atomic E-state index is 12.1. The van der Waals surface area contributed by atoms with E-state index in [4.69, 9.17) is 20.2 Å². The summed E-state index contributed by atoms with van der Waals surface area (Å²) in [5.74, 6) is 0.865. The van der Waals surface area contributed by atoms with E-state index in [1.165, 1.54) is 0 Å². The standard InChI is InChI=1S/C21H26N4O3/c1-2-20(26)15-3-4-16-18-14-23-7-5-17(18)21(25-19(16)13-15)24-8-10-28-12-11-27-9-6-22/h3-5,7,13-14H,2,6,8-12,22H2,1H3,(H,24,25). The van der Waals surface area contributed by atoms with Gasteiger partial charge in [0.2, 0.25) is 0 Å². The van der Waals surface area contributed by atoms with Gasteiger partial charge in [-0.2, -0.15) is 0 Å². The zero-order valence-electron chi connectivity index (χ0n) is 16.1. The van der Waals surface area contributed by atoms with Crippen LogP contribution in [0.15, 0.2) is 36.7 Å². The van der Waals surface area contributed by atoms with Crippen molar-refractivity contribution in [3.63, 3.8) is 0 Å². The summed E-state index contributed by atoms with van der Waals surface area (Å²) in [7, 11) is 0. The Morgan fingerprint density at radius 1 is 1.07 bits per heavy atom. The molecule has 1 aromatic carbocycles.